The predicted molar refractivity (Wildman–Crippen MR) is 157 cm³/mol. The molecule has 218 valence electrons. The molecule has 0 radical (unpaired) electrons. The Morgan fingerprint density at radius 1 is 1.07 bits per heavy atom. The van der Waals surface area contributed by atoms with E-state index in [2.05, 4.69) is 26.3 Å². The van der Waals surface area contributed by atoms with Crippen molar-refractivity contribution in [1.82, 2.24) is 29.7 Å². The summed E-state index contributed by atoms with van der Waals surface area (Å²) in [6, 6.07) is 0.398. The first-order chi connectivity index (χ1) is 20.6. The number of ether oxygens (including phenoxy) is 1. The van der Waals surface area contributed by atoms with Gasteiger partial charge in [-0.05, 0) is 88.1 Å². The summed E-state index contributed by atoms with van der Waals surface area (Å²) in [7, 11) is 0. The molecule has 0 saturated carbocycles. The smallest absolute Gasteiger partial charge is 0.319 e. The number of amides is 1. The highest BCUT2D eigenvalue weighted by Crippen LogP contribution is 2.42. The van der Waals surface area contributed by atoms with Crippen molar-refractivity contribution in [3.8, 4) is 17.3 Å². The maximum atomic E-state index is 16.6. The second-order valence-corrected chi connectivity index (χ2v) is 12.6. The summed E-state index contributed by atoms with van der Waals surface area (Å²) in [6.45, 7) is 7.65. The minimum Gasteiger partial charge on any atom is -0.461 e. The summed E-state index contributed by atoms with van der Waals surface area (Å²) in [5, 5.41) is 0.565. The maximum Gasteiger partial charge on any atom is 0.319 e. The van der Waals surface area contributed by atoms with Crippen LogP contribution in [-0.4, -0.2) is 86.1 Å². The van der Waals surface area contributed by atoms with E-state index in [9.17, 15) is 4.79 Å². The van der Waals surface area contributed by atoms with Crippen LogP contribution < -0.4 is 9.64 Å². The minimum atomic E-state index is -0.463. The van der Waals surface area contributed by atoms with E-state index in [0.29, 0.717) is 30.9 Å². The third-order valence-electron chi connectivity index (χ3n) is 10.5. The van der Waals surface area contributed by atoms with E-state index in [1.54, 1.807) is 12.4 Å². The molecule has 3 aromatic heterocycles. The molecule has 5 aliphatic rings. The van der Waals surface area contributed by atoms with Crippen LogP contribution in [0.3, 0.4) is 0 Å². The Morgan fingerprint density at radius 2 is 1.90 bits per heavy atom. The molecule has 8 rings (SSSR count). The van der Waals surface area contributed by atoms with Crippen LogP contribution in [0.15, 0.2) is 31.2 Å². The fourth-order valence-corrected chi connectivity index (χ4v) is 8.27. The average molecular weight is 570 g/mol. The highest BCUT2D eigenvalue weighted by molar-refractivity contribution is 5.93. The number of nitrogens with zero attached hydrogens (tertiary/aromatic N) is 7. The fraction of sp³-hybridized carbons (Fsp3) is 0.531. The van der Waals surface area contributed by atoms with Gasteiger partial charge in [-0.15, -0.1) is 0 Å². The van der Waals surface area contributed by atoms with Crippen molar-refractivity contribution < 1.29 is 13.9 Å². The van der Waals surface area contributed by atoms with Crippen molar-refractivity contribution in [2.45, 2.75) is 75.4 Å². The highest BCUT2D eigenvalue weighted by atomic mass is 19.1. The summed E-state index contributed by atoms with van der Waals surface area (Å²) in [5.41, 5.74) is 3.59. The molecular weight excluding hydrogens is 533 g/mol. The number of hydrogen-bond donors (Lipinski definition) is 0. The second-order valence-electron chi connectivity index (χ2n) is 12.6. The molecule has 1 aliphatic carbocycles. The van der Waals surface area contributed by atoms with Crippen LogP contribution in [0, 0.1) is 5.82 Å². The predicted octanol–water partition coefficient (Wildman–Crippen LogP) is 4.09. The minimum absolute atomic E-state index is 0.0219. The summed E-state index contributed by atoms with van der Waals surface area (Å²) >= 11 is 0. The Kier molecular flexibility index (Phi) is 6.17. The number of anilines is 1. The molecule has 0 spiro atoms. The van der Waals surface area contributed by atoms with Gasteiger partial charge in [-0.25, -0.2) is 4.39 Å². The molecule has 0 bridgehead atoms. The Balaban J connectivity index is 1.20. The van der Waals surface area contributed by atoms with Gasteiger partial charge in [0.25, 0.3) is 0 Å². The summed E-state index contributed by atoms with van der Waals surface area (Å²) in [4.78, 5) is 37.7. The van der Waals surface area contributed by atoms with Gasteiger partial charge in [-0.1, -0.05) is 6.58 Å². The van der Waals surface area contributed by atoms with Crippen LogP contribution in [0.25, 0.3) is 22.2 Å². The maximum absolute atomic E-state index is 16.6. The molecule has 4 aliphatic heterocycles. The van der Waals surface area contributed by atoms with Gasteiger partial charge in [-0.3, -0.25) is 19.7 Å². The van der Waals surface area contributed by atoms with Crippen molar-refractivity contribution >= 4 is 22.6 Å². The van der Waals surface area contributed by atoms with E-state index < -0.39 is 5.82 Å². The van der Waals surface area contributed by atoms with Gasteiger partial charge in [0, 0.05) is 37.2 Å². The van der Waals surface area contributed by atoms with Crippen molar-refractivity contribution in [2.24, 2.45) is 0 Å². The lowest BCUT2D eigenvalue weighted by atomic mass is 9.89. The molecule has 42 heavy (non-hydrogen) atoms. The molecule has 0 N–H and O–H groups in total. The van der Waals surface area contributed by atoms with Crippen molar-refractivity contribution in [1.29, 1.82) is 0 Å². The zero-order valence-electron chi connectivity index (χ0n) is 23.9. The van der Waals surface area contributed by atoms with E-state index in [4.69, 9.17) is 14.7 Å². The van der Waals surface area contributed by atoms with Gasteiger partial charge in [-0.2, -0.15) is 9.97 Å². The number of carbonyl (C=O) groups excluding carboxylic acids is 1. The number of hydrogen-bond acceptors (Lipinski definition) is 8. The average Bonchev–Trinajstić information content (AvgIpc) is 3.68. The zero-order chi connectivity index (χ0) is 28.4. The van der Waals surface area contributed by atoms with Crippen LogP contribution in [0.4, 0.5) is 10.2 Å². The van der Waals surface area contributed by atoms with E-state index >= 15 is 4.39 Å². The normalized spacial score (nSPS) is 24.3. The Morgan fingerprint density at radius 3 is 2.74 bits per heavy atom. The first kappa shape index (κ1) is 26.0. The van der Waals surface area contributed by atoms with Crippen LogP contribution in [0.2, 0.25) is 0 Å². The molecule has 0 unspecified atom stereocenters. The largest absolute Gasteiger partial charge is 0.461 e. The van der Waals surface area contributed by atoms with E-state index in [1.165, 1.54) is 24.5 Å². The zero-order valence-corrected chi connectivity index (χ0v) is 23.9. The van der Waals surface area contributed by atoms with Crippen molar-refractivity contribution in [3.63, 3.8) is 0 Å². The van der Waals surface area contributed by atoms with Crippen molar-refractivity contribution in [2.75, 3.05) is 37.7 Å². The van der Waals surface area contributed by atoms with Gasteiger partial charge >= 0.3 is 6.01 Å². The van der Waals surface area contributed by atoms with Crippen LogP contribution in [-0.2, 0) is 17.6 Å². The third kappa shape index (κ3) is 3.94. The van der Waals surface area contributed by atoms with Gasteiger partial charge in [0.1, 0.15) is 23.6 Å². The standard InChI is InChI=1S/C32H36FN7O2/c1-2-26(41)39-14-9-24-25(39)18-40(24)30-23-17-35-28(22-16-34-15-20-7-3-4-8-21(20)22)27(33)29(23)36-31(37-30)42-19-32-10-5-12-38(32)13-6-11-32/h2,15-17,24-25H,1,3-14,18-19H2/t24-,25-/m1/s1. The molecular formula is C32H36FN7O2. The van der Waals surface area contributed by atoms with Crippen LogP contribution in [0.5, 0.6) is 6.01 Å². The topological polar surface area (TPSA) is 87.6 Å². The summed E-state index contributed by atoms with van der Waals surface area (Å²) in [6.07, 6.45) is 16.1. The number of aromatic nitrogens is 4. The van der Waals surface area contributed by atoms with E-state index in [0.717, 1.165) is 69.2 Å². The SMILES string of the molecule is C=CC(=O)N1CC[C@@H]2[C@H]1CN2c1nc(OCC23CCCN2CCC3)nc2c(F)c(-c3cncc4c3CCCC4)ncc12. The van der Waals surface area contributed by atoms with E-state index in [1.807, 2.05) is 11.1 Å². The lowest BCUT2D eigenvalue weighted by Gasteiger charge is -2.47. The third-order valence-corrected chi connectivity index (χ3v) is 10.5. The van der Waals surface area contributed by atoms with Gasteiger partial charge in [0.05, 0.1) is 23.0 Å². The number of pyridine rings is 2. The van der Waals surface area contributed by atoms with Crippen LogP contribution in [0.1, 0.15) is 56.1 Å². The number of likely N-dealkylation sites (tertiary alicyclic amines) is 1. The Labute approximate surface area is 244 Å². The summed E-state index contributed by atoms with van der Waals surface area (Å²) < 4.78 is 23.0. The molecule has 1 amide bonds. The number of aryl methyl sites for hydroxylation is 1. The number of carbonyl (C=O) groups is 1. The van der Waals surface area contributed by atoms with E-state index in [-0.39, 0.29) is 40.8 Å². The molecule has 4 saturated heterocycles. The fourth-order valence-electron chi connectivity index (χ4n) is 8.27. The molecule has 3 aromatic rings. The Hall–Kier alpha value is -3.66. The highest BCUT2D eigenvalue weighted by Gasteiger charge is 2.50. The second kappa shape index (κ2) is 9.97. The molecule has 10 heteroatoms. The monoisotopic (exact) mass is 569 g/mol. The lowest BCUT2D eigenvalue weighted by molar-refractivity contribution is -0.127. The van der Waals surface area contributed by atoms with Gasteiger partial charge in [0.15, 0.2) is 5.82 Å². The lowest BCUT2D eigenvalue weighted by Crippen LogP contribution is -2.63. The first-order valence-corrected chi connectivity index (χ1v) is 15.5. The molecule has 7 heterocycles. The molecule has 4 fully saturated rings. The van der Waals surface area contributed by atoms with Gasteiger partial charge < -0.3 is 14.5 Å². The number of fused-ring (bicyclic) bond motifs is 4. The number of rotatable bonds is 6. The Bertz CT molecular complexity index is 1580. The molecule has 0 aromatic carbocycles. The van der Waals surface area contributed by atoms with Gasteiger partial charge in [0.2, 0.25) is 5.91 Å². The molecule has 9 nitrogen and oxygen atoms in total. The number of halogens is 1. The quantitative estimate of drug-likeness (QED) is 0.411. The van der Waals surface area contributed by atoms with Crippen LogP contribution >= 0.6 is 0 Å². The first-order valence-electron chi connectivity index (χ1n) is 15.5. The summed E-state index contributed by atoms with van der Waals surface area (Å²) in [5.74, 6) is 0.116. The van der Waals surface area contributed by atoms with Crippen molar-refractivity contribution in [3.05, 3.63) is 48.2 Å². The molecule has 2 atom stereocenters.